The number of hydrogen-bond donors (Lipinski definition) is 2. The highest BCUT2D eigenvalue weighted by molar-refractivity contribution is 14.0. The quantitative estimate of drug-likeness (QED) is 0.282. The van der Waals surface area contributed by atoms with Crippen LogP contribution >= 0.6 is 24.0 Å². The first-order valence-electron chi connectivity index (χ1n) is 12.3. The Balaban J connectivity index is 0.00000324. The van der Waals surface area contributed by atoms with Gasteiger partial charge in [0.05, 0.1) is 6.54 Å². The van der Waals surface area contributed by atoms with E-state index in [1.165, 1.54) is 16.7 Å². The van der Waals surface area contributed by atoms with Gasteiger partial charge in [-0.2, -0.15) is 0 Å². The summed E-state index contributed by atoms with van der Waals surface area (Å²) in [7, 11) is 0. The SMILES string of the molecule is CCNC(=NCc1cccc(CN2CCCC2=O)c1)NC1CC(C)N(Cc2ccccc2)C1.I. The van der Waals surface area contributed by atoms with Crippen molar-refractivity contribution in [1.82, 2.24) is 20.4 Å². The number of nitrogens with one attached hydrogen (secondary N) is 2. The second-order valence-electron chi connectivity index (χ2n) is 9.27. The summed E-state index contributed by atoms with van der Waals surface area (Å²) in [4.78, 5) is 21.3. The molecule has 2 heterocycles. The van der Waals surface area contributed by atoms with E-state index in [1.54, 1.807) is 0 Å². The van der Waals surface area contributed by atoms with E-state index >= 15 is 0 Å². The standard InChI is InChI=1S/C27H37N5O.HI/c1-3-28-27(30-25-15-21(2)32(20-25)18-22-9-5-4-6-10-22)29-17-23-11-7-12-24(16-23)19-31-14-8-13-26(31)33;/h4-7,9-12,16,21,25H,3,8,13-15,17-20H2,1-2H3,(H2,28,29,30);1H. The number of aliphatic imine (C=N–C) groups is 1. The molecule has 0 spiro atoms. The monoisotopic (exact) mass is 575 g/mol. The smallest absolute Gasteiger partial charge is 0.222 e. The molecule has 2 atom stereocenters. The summed E-state index contributed by atoms with van der Waals surface area (Å²) in [5.41, 5.74) is 3.71. The van der Waals surface area contributed by atoms with Crippen LogP contribution in [0, 0.1) is 0 Å². The van der Waals surface area contributed by atoms with E-state index in [0.717, 1.165) is 45.0 Å². The molecule has 0 aromatic heterocycles. The van der Waals surface area contributed by atoms with E-state index in [2.05, 4.69) is 84.0 Å². The normalized spacial score (nSPS) is 20.9. The lowest BCUT2D eigenvalue weighted by atomic mass is 10.1. The van der Waals surface area contributed by atoms with Gasteiger partial charge in [-0.15, -0.1) is 24.0 Å². The largest absolute Gasteiger partial charge is 0.357 e. The van der Waals surface area contributed by atoms with Gasteiger partial charge in [0.15, 0.2) is 5.96 Å². The molecule has 34 heavy (non-hydrogen) atoms. The Labute approximate surface area is 221 Å². The Morgan fingerprint density at radius 2 is 1.82 bits per heavy atom. The topological polar surface area (TPSA) is 60.0 Å². The van der Waals surface area contributed by atoms with Crippen LogP contribution in [0.4, 0.5) is 0 Å². The number of carbonyl (C=O) groups is 1. The van der Waals surface area contributed by atoms with Crippen LogP contribution in [0.15, 0.2) is 59.6 Å². The van der Waals surface area contributed by atoms with E-state index < -0.39 is 0 Å². The molecule has 4 rings (SSSR count). The molecule has 7 heteroatoms. The molecule has 2 N–H and O–H groups in total. The molecule has 2 aliphatic heterocycles. The third-order valence-electron chi connectivity index (χ3n) is 6.57. The maximum Gasteiger partial charge on any atom is 0.222 e. The maximum atomic E-state index is 11.9. The molecule has 2 aliphatic rings. The van der Waals surface area contributed by atoms with Crippen molar-refractivity contribution >= 4 is 35.8 Å². The molecular weight excluding hydrogens is 537 g/mol. The van der Waals surface area contributed by atoms with E-state index in [-0.39, 0.29) is 29.9 Å². The maximum absolute atomic E-state index is 11.9. The minimum absolute atomic E-state index is 0. The number of amides is 1. The molecule has 6 nitrogen and oxygen atoms in total. The van der Waals surface area contributed by atoms with Gasteiger partial charge >= 0.3 is 0 Å². The fourth-order valence-corrected chi connectivity index (χ4v) is 4.84. The van der Waals surface area contributed by atoms with Gasteiger partial charge in [0.2, 0.25) is 5.91 Å². The first kappa shape index (κ1) is 26.5. The first-order chi connectivity index (χ1) is 16.1. The Morgan fingerprint density at radius 1 is 1.06 bits per heavy atom. The van der Waals surface area contributed by atoms with Gasteiger partial charge in [0.1, 0.15) is 0 Å². The van der Waals surface area contributed by atoms with Gasteiger partial charge < -0.3 is 15.5 Å². The van der Waals surface area contributed by atoms with Gasteiger partial charge in [0, 0.05) is 51.2 Å². The molecule has 2 saturated heterocycles. The number of guanidine groups is 1. The molecule has 1 amide bonds. The molecule has 2 unspecified atom stereocenters. The summed E-state index contributed by atoms with van der Waals surface area (Å²) in [6, 6.07) is 20.1. The third-order valence-corrected chi connectivity index (χ3v) is 6.57. The number of rotatable bonds is 8. The lowest BCUT2D eigenvalue weighted by Crippen LogP contribution is -2.44. The summed E-state index contributed by atoms with van der Waals surface area (Å²) in [6.07, 6.45) is 2.77. The van der Waals surface area contributed by atoms with Crippen molar-refractivity contribution < 1.29 is 4.79 Å². The lowest BCUT2D eigenvalue weighted by Gasteiger charge is -2.21. The number of hydrogen-bond acceptors (Lipinski definition) is 3. The summed E-state index contributed by atoms with van der Waals surface area (Å²) in [5.74, 6) is 1.14. The Hall–Kier alpha value is -2.13. The Morgan fingerprint density at radius 3 is 2.56 bits per heavy atom. The van der Waals surface area contributed by atoms with Crippen LogP contribution in [0.2, 0.25) is 0 Å². The second-order valence-corrected chi connectivity index (χ2v) is 9.27. The van der Waals surface area contributed by atoms with E-state index in [9.17, 15) is 4.79 Å². The number of benzene rings is 2. The summed E-state index contributed by atoms with van der Waals surface area (Å²) >= 11 is 0. The number of likely N-dealkylation sites (tertiary alicyclic amines) is 2. The van der Waals surface area contributed by atoms with Crippen LogP contribution in [0.3, 0.4) is 0 Å². The number of nitrogens with zero attached hydrogens (tertiary/aromatic N) is 3. The van der Waals surface area contributed by atoms with Gasteiger partial charge in [-0.05, 0) is 43.4 Å². The van der Waals surface area contributed by atoms with E-state index in [1.807, 2.05) is 4.90 Å². The van der Waals surface area contributed by atoms with Crippen molar-refractivity contribution in [2.45, 2.75) is 64.8 Å². The minimum atomic E-state index is 0. The molecular formula is C27H38IN5O. The molecule has 184 valence electrons. The van der Waals surface area contributed by atoms with Crippen LogP contribution in [-0.4, -0.2) is 53.4 Å². The predicted octanol–water partition coefficient (Wildman–Crippen LogP) is 4.15. The molecule has 0 radical (unpaired) electrons. The van der Waals surface area contributed by atoms with Crippen molar-refractivity contribution in [2.24, 2.45) is 4.99 Å². The lowest BCUT2D eigenvalue weighted by molar-refractivity contribution is -0.128. The average Bonchev–Trinajstić information content (AvgIpc) is 3.37. The van der Waals surface area contributed by atoms with Crippen LogP contribution in [0.5, 0.6) is 0 Å². The molecule has 2 aromatic rings. The predicted molar refractivity (Wildman–Crippen MR) is 149 cm³/mol. The molecule has 2 fully saturated rings. The highest BCUT2D eigenvalue weighted by Gasteiger charge is 2.29. The fraction of sp³-hybridized carbons (Fsp3) is 0.481. The van der Waals surface area contributed by atoms with Crippen molar-refractivity contribution in [3.63, 3.8) is 0 Å². The molecule has 2 aromatic carbocycles. The van der Waals surface area contributed by atoms with Crippen LogP contribution in [-0.2, 0) is 24.4 Å². The van der Waals surface area contributed by atoms with Crippen molar-refractivity contribution in [3.05, 3.63) is 71.3 Å². The van der Waals surface area contributed by atoms with Crippen LogP contribution < -0.4 is 10.6 Å². The van der Waals surface area contributed by atoms with Crippen LogP contribution in [0.25, 0.3) is 0 Å². The van der Waals surface area contributed by atoms with Gasteiger partial charge in [-0.3, -0.25) is 9.69 Å². The van der Waals surface area contributed by atoms with Crippen molar-refractivity contribution in [3.8, 4) is 0 Å². The zero-order valence-electron chi connectivity index (χ0n) is 20.4. The number of halogens is 1. The van der Waals surface area contributed by atoms with Gasteiger partial charge in [0.25, 0.3) is 0 Å². The fourth-order valence-electron chi connectivity index (χ4n) is 4.84. The molecule has 0 bridgehead atoms. The number of carbonyl (C=O) groups excluding carboxylic acids is 1. The zero-order chi connectivity index (χ0) is 23.0. The van der Waals surface area contributed by atoms with Gasteiger partial charge in [-0.1, -0.05) is 54.6 Å². The Kier molecular flexibility index (Phi) is 10.2. The summed E-state index contributed by atoms with van der Waals surface area (Å²) < 4.78 is 0. The summed E-state index contributed by atoms with van der Waals surface area (Å²) in [6.45, 7) is 9.43. The highest BCUT2D eigenvalue weighted by atomic mass is 127. The second kappa shape index (κ2) is 13.1. The molecule has 0 saturated carbocycles. The van der Waals surface area contributed by atoms with E-state index in [0.29, 0.717) is 31.6 Å². The van der Waals surface area contributed by atoms with Crippen LogP contribution in [0.1, 0.15) is 49.8 Å². The van der Waals surface area contributed by atoms with Crippen molar-refractivity contribution in [2.75, 3.05) is 19.6 Å². The summed E-state index contributed by atoms with van der Waals surface area (Å²) in [5, 5.41) is 7.06. The highest BCUT2D eigenvalue weighted by Crippen LogP contribution is 2.20. The molecule has 0 aliphatic carbocycles. The third kappa shape index (κ3) is 7.43. The average molecular weight is 576 g/mol. The van der Waals surface area contributed by atoms with E-state index in [4.69, 9.17) is 4.99 Å². The van der Waals surface area contributed by atoms with Crippen molar-refractivity contribution in [1.29, 1.82) is 0 Å². The first-order valence-corrected chi connectivity index (χ1v) is 12.3. The van der Waals surface area contributed by atoms with Gasteiger partial charge in [-0.25, -0.2) is 4.99 Å². The minimum Gasteiger partial charge on any atom is -0.357 e. The Bertz CT molecular complexity index is 951. The zero-order valence-corrected chi connectivity index (χ0v) is 22.7.